The zero-order valence-electron chi connectivity index (χ0n) is 11.3. The summed E-state index contributed by atoms with van der Waals surface area (Å²) in [5.41, 5.74) is 7.36. The molecule has 20 heavy (non-hydrogen) atoms. The van der Waals surface area contributed by atoms with Crippen molar-refractivity contribution in [3.63, 3.8) is 0 Å². The first-order valence-corrected chi connectivity index (χ1v) is 6.03. The van der Waals surface area contributed by atoms with E-state index < -0.39 is 0 Å². The number of methoxy groups -OCH3 is 2. The Balaban J connectivity index is 2.12. The Morgan fingerprint density at radius 3 is 2.30 bits per heavy atom. The minimum Gasteiger partial charge on any atom is -0.497 e. The van der Waals surface area contributed by atoms with Crippen LogP contribution >= 0.6 is 0 Å². The number of nitrogens with one attached hydrogen (secondary N) is 1. The number of anilines is 2. The maximum absolute atomic E-state index is 12.1. The fraction of sp³-hybridized carbons (Fsp3) is 0.133. The average Bonchev–Trinajstić information content (AvgIpc) is 2.48. The van der Waals surface area contributed by atoms with Gasteiger partial charge in [0.15, 0.2) is 0 Å². The van der Waals surface area contributed by atoms with Gasteiger partial charge < -0.3 is 20.5 Å². The highest BCUT2D eigenvalue weighted by Gasteiger charge is 2.09. The summed E-state index contributed by atoms with van der Waals surface area (Å²) in [7, 11) is 3.12. The Labute approximate surface area is 117 Å². The molecule has 0 spiro atoms. The van der Waals surface area contributed by atoms with E-state index in [1.807, 2.05) is 0 Å². The lowest BCUT2D eigenvalue weighted by Gasteiger charge is -2.08. The molecule has 0 unspecified atom stereocenters. The predicted molar refractivity (Wildman–Crippen MR) is 78.4 cm³/mol. The van der Waals surface area contributed by atoms with Crippen LogP contribution in [0.3, 0.4) is 0 Å². The van der Waals surface area contributed by atoms with Crippen LogP contribution in [0.1, 0.15) is 10.4 Å². The Bertz CT molecular complexity index is 609. The van der Waals surface area contributed by atoms with Gasteiger partial charge in [0.05, 0.1) is 19.9 Å². The van der Waals surface area contributed by atoms with Gasteiger partial charge in [-0.1, -0.05) is 0 Å². The van der Waals surface area contributed by atoms with Gasteiger partial charge in [-0.15, -0.1) is 0 Å². The second kappa shape index (κ2) is 5.97. The number of hydrogen-bond donors (Lipinski definition) is 2. The second-order valence-corrected chi connectivity index (χ2v) is 4.14. The summed E-state index contributed by atoms with van der Waals surface area (Å²) in [4.78, 5) is 12.1. The predicted octanol–water partition coefficient (Wildman–Crippen LogP) is 2.54. The first-order chi connectivity index (χ1) is 9.63. The monoisotopic (exact) mass is 272 g/mol. The molecule has 0 heterocycles. The van der Waals surface area contributed by atoms with E-state index in [0.29, 0.717) is 22.7 Å². The number of nitrogen functional groups attached to an aromatic ring is 1. The van der Waals surface area contributed by atoms with Crippen LogP contribution in [0.15, 0.2) is 42.5 Å². The topological polar surface area (TPSA) is 73.6 Å². The molecule has 1 amide bonds. The third-order valence-corrected chi connectivity index (χ3v) is 2.84. The summed E-state index contributed by atoms with van der Waals surface area (Å²) in [6, 6.07) is 12.0. The highest BCUT2D eigenvalue weighted by Crippen LogP contribution is 2.22. The molecule has 5 heteroatoms. The van der Waals surface area contributed by atoms with Crippen molar-refractivity contribution in [2.24, 2.45) is 0 Å². The summed E-state index contributed by atoms with van der Waals surface area (Å²) >= 11 is 0. The third-order valence-electron chi connectivity index (χ3n) is 2.84. The van der Waals surface area contributed by atoms with Crippen molar-refractivity contribution in [3.05, 3.63) is 48.0 Å². The van der Waals surface area contributed by atoms with E-state index in [-0.39, 0.29) is 5.91 Å². The van der Waals surface area contributed by atoms with Gasteiger partial charge >= 0.3 is 0 Å². The SMILES string of the molecule is COc1ccc(NC(=O)c2ccc(OC)c(N)c2)cc1. The number of hydrogen-bond acceptors (Lipinski definition) is 4. The molecule has 0 aliphatic carbocycles. The summed E-state index contributed by atoms with van der Waals surface area (Å²) in [5, 5.41) is 2.78. The molecular formula is C15H16N2O3. The molecule has 0 bridgehead atoms. The van der Waals surface area contributed by atoms with E-state index in [9.17, 15) is 4.79 Å². The Morgan fingerprint density at radius 2 is 1.75 bits per heavy atom. The van der Waals surface area contributed by atoms with Crippen molar-refractivity contribution in [1.82, 2.24) is 0 Å². The molecule has 0 radical (unpaired) electrons. The zero-order valence-corrected chi connectivity index (χ0v) is 11.3. The highest BCUT2D eigenvalue weighted by atomic mass is 16.5. The van der Waals surface area contributed by atoms with Gasteiger partial charge in [0.1, 0.15) is 11.5 Å². The van der Waals surface area contributed by atoms with Crippen LogP contribution in [0.2, 0.25) is 0 Å². The molecule has 2 aromatic rings. The second-order valence-electron chi connectivity index (χ2n) is 4.14. The van der Waals surface area contributed by atoms with Crippen LogP contribution in [-0.2, 0) is 0 Å². The smallest absolute Gasteiger partial charge is 0.255 e. The highest BCUT2D eigenvalue weighted by molar-refractivity contribution is 6.05. The Morgan fingerprint density at radius 1 is 1.05 bits per heavy atom. The minimum atomic E-state index is -0.232. The van der Waals surface area contributed by atoms with Gasteiger partial charge in [0.25, 0.3) is 5.91 Å². The molecule has 2 rings (SSSR count). The fourth-order valence-corrected chi connectivity index (χ4v) is 1.75. The van der Waals surface area contributed by atoms with Crippen LogP contribution in [0.5, 0.6) is 11.5 Å². The first kappa shape index (κ1) is 13.7. The number of ether oxygens (including phenoxy) is 2. The van der Waals surface area contributed by atoms with E-state index >= 15 is 0 Å². The van der Waals surface area contributed by atoms with Crippen LogP contribution in [0.4, 0.5) is 11.4 Å². The molecule has 0 saturated heterocycles. The molecule has 2 aromatic carbocycles. The van der Waals surface area contributed by atoms with Gasteiger partial charge in [-0.25, -0.2) is 0 Å². The van der Waals surface area contributed by atoms with Gasteiger partial charge in [-0.05, 0) is 42.5 Å². The summed E-state index contributed by atoms with van der Waals surface area (Å²) in [5.74, 6) is 1.05. The lowest BCUT2D eigenvalue weighted by atomic mass is 10.1. The minimum absolute atomic E-state index is 0.232. The van der Waals surface area contributed by atoms with Crippen LogP contribution < -0.4 is 20.5 Å². The van der Waals surface area contributed by atoms with E-state index in [4.69, 9.17) is 15.2 Å². The fourth-order valence-electron chi connectivity index (χ4n) is 1.75. The van der Waals surface area contributed by atoms with Crippen molar-refractivity contribution in [1.29, 1.82) is 0 Å². The lowest BCUT2D eigenvalue weighted by Crippen LogP contribution is -2.12. The quantitative estimate of drug-likeness (QED) is 0.839. The average molecular weight is 272 g/mol. The third kappa shape index (κ3) is 3.00. The van der Waals surface area contributed by atoms with E-state index in [1.165, 1.54) is 7.11 Å². The molecule has 0 aliphatic rings. The van der Waals surface area contributed by atoms with E-state index in [1.54, 1.807) is 49.6 Å². The van der Waals surface area contributed by atoms with Gasteiger partial charge in [-0.3, -0.25) is 4.79 Å². The number of benzene rings is 2. The van der Waals surface area contributed by atoms with Gasteiger partial charge in [0, 0.05) is 11.3 Å². The van der Waals surface area contributed by atoms with Crippen molar-refractivity contribution >= 4 is 17.3 Å². The van der Waals surface area contributed by atoms with E-state index in [0.717, 1.165) is 5.75 Å². The standard InChI is InChI=1S/C15H16N2O3/c1-19-12-6-4-11(5-7-12)17-15(18)10-3-8-14(20-2)13(16)9-10/h3-9H,16H2,1-2H3,(H,17,18). The molecule has 0 aromatic heterocycles. The molecule has 5 nitrogen and oxygen atoms in total. The number of carbonyl (C=O) groups excluding carboxylic acids is 1. The van der Waals surface area contributed by atoms with Crippen LogP contribution in [0, 0.1) is 0 Å². The normalized spacial score (nSPS) is 9.90. The Kier molecular flexibility index (Phi) is 4.10. The summed E-state index contributed by atoms with van der Waals surface area (Å²) in [6.45, 7) is 0. The maximum Gasteiger partial charge on any atom is 0.255 e. The van der Waals surface area contributed by atoms with Crippen molar-refractivity contribution in [2.75, 3.05) is 25.3 Å². The number of nitrogens with two attached hydrogens (primary N) is 1. The number of rotatable bonds is 4. The molecule has 0 atom stereocenters. The number of carbonyl (C=O) groups is 1. The molecule has 3 N–H and O–H groups in total. The lowest BCUT2D eigenvalue weighted by molar-refractivity contribution is 0.102. The van der Waals surface area contributed by atoms with Crippen molar-refractivity contribution in [3.8, 4) is 11.5 Å². The molecule has 104 valence electrons. The zero-order chi connectivity index (χ0) is 14.5. The number of amides is 1. The van der Waals surface area contributed by atoms with Gasteiger partial charge in [-0.2, -0.15) is 0 Å². The van der Waals surface area contributed by atoms with Crippen molar-refractivity contribution < 1.29 is 14.3 Å². The Hall–Kier alpha value is -2.69. The first-order valence-electron chi connectivity index (χ1n) is 6.03. The molecule has 0 fully saturated rings. The summed E-state index contributed by atoms with van der Waals surface area (Å²) in [6.07, 6.45) is 0. The maximum atomic E-state index is 12.1. The van der Waals surface area contributed by atoms with E-state index in [2.05, 4.69) is 5.32 Å². The molecule has 0 aliphatic heterocycles. The van der Waals surface area contributed by atoms with Crippen molar-refractivity contribution in [2.45, 2.75) is 0 Å². The molecular weight excluding hydrogens is 256 g/mol. The largest absolute Gasteiger partial charge is 0.497 e. The van der Waals surface area contributed by atoms with Crippen LogP contribution in [-0.4, -0.2) is 20.1 Å². The molecule has 0 saturated carbocycles. The van der Waals surface area contributed by atoms with Crippen LogP contribution in [0.25, 0.3) is 0 Å². The van der Waals surface area contributed by atoms with Gasteiger partial charge in [0.2, 0.25) is 0 Å². The summed E-state index contributed by atoms with van der Waals surface area (Å²) < 4.78 is 10.1.